The molecule has 4 nitrogen and oxygen atoms in total. The number of ether oxygens (including phenoxy) is 2. The van der Waals surface area contributed by atoms with Gasteiger partial charge in [-0.3, -0.25) is 9.00 Å². The number of ketones is 1. The number of rotatable bonds is 7. The van der Waals surface area contributed by atoms with Crippen molar-refractivity contribution in [3.63, 3.8) is 0 Å². The van der Waals surface area contributed by atoms with Crippen molar-refractivity contribution in [1.82, 2.24) is 0 Å². The first kappa shape index (κ1) is 17.5. The Kier molecular flexibility index (Phi) is 5.93. The van der Waals surface area contributed by atoms with Crippen LogP contribution in [-0.2, 0) is 15.6 Å². The molecule has 2 unspecified atom stereocenters. The summed E-state index contributed by atoms with van der Waals surface area (Å²) in [5, 5.41) is 0.483. The molecule has 132 valence electrons. The topological polar surface area (TPSA) is 52.6 Å². The van der Waals surface area contributed by atoms with Gasteiger partial charge in [0.1, 0.15) is 5.78 Å². The molecule has 3 rings (SSSR count). The van der Waals surface area contributed by atoms with E-state index in [1.165, 1.54) is 6.42 Å². The Bertz CT molecular complexity index is 585. The van der Waals surface area contributed by atoms with Gasteiger partial charge in [-0.05, 0) is 44.7 Å². The van der Waals surface area contributed by atoms with Gasteiger partial charge in [0.2, 0.25) is 0 Å². The number of hydrogen-bond donors (Lipinski definition) is 0. The summed E-state index contributed by atoms with van der Waals surface area (Å²) in [6, 6.07) is 7.54. The first-order chi connectivity index (χ1) is 11.7. The molecule has 1 aromatic carbocycles. The van der Waals surface area contributed by atoms with Gasteiger partial charge in [0.05, 0.1) is 13.2 Å². The number of carbonyl (C=O) groups excluding carboxylic acids is 1. The van der Waals surface area contributed by atoms with E-state index in [4.69, 9.17) is 9.47 Å². The van der Waals surface area contributed by atoms with Gasteiger partial charge in [0.25, 0.3) is 0 Å². The summed E-state index contributed by atoms with van der Waals surface area (Å²) >= 11 is 0. The molecular weight excluding hydrogens is 324 g/mol. The lowest BCUT2D eigenvalue weighted by molar-refractivity contribution is -0.124. The number of Topliss-reactive ketones (excluding diaryl/α,β-unsaturated/α-hetero) is 1. The summed E-state index contributed by atoms with van der Waals surface area (Å²) in [6.07, 6.45) is 5.22. The third kappa shape index (κ3) is 4.00. The molecule has 0 aliphatic carbocycles. The zero-order valence-electron chi connectivity index (χ0n) is 14.2. The molecule has 2 aliphatic heterocycles. The highest BCUT2D eigenvalue weighted by atomic mass is 32.2. The second-order valence-corrected chi connectivity index (χ2v) is 8.61. The molecular formula is C19H26O4S. The largest absolute Gasteiger partial charge is 0.490 e. The van der Waals surface area contributed by atoms with Crippen molar-refractivity contribution in [1.29, 1.82) is 0 Å². The van der Waals surface area contributed by atoms with E-state index in [9.17, 15) is 9.00 Å². The van der Waals surface area contributed by atoms with Crippen molar-refractivity contribution >= 4 is 16.6 Å². The van der Waals surface area contributed by atoms with Gasteiger partial charge < -0.3 is 9.47 Å². The van der Waals surface area contributed by atoms with E-state index in [0.29, 0.717) is 25.4 Å². The molecule has 2 aliphatic rings. The maximum Gasteiger partial charge on any atom is 0.161 e. The normalized spacial score (nSPS) is 29.0. The predicted molar refractivity (Wildman–Crippen MR) is 95.0 cm³/mol. The molecule has 2 atom stereocenters. The fraction of sp³-hybridized carbons (Fsp3) is 0.632. The maximum absolute atomic E-state index is 12.5. The van der Waals surface area contributed by atoms with Crippen LogP contribution in [0.1, 0.15) is 45.4 Å². The number of hydrogen-bond acceptors (Lipinski definition) is 4. The van der Waals surface area contributed by atoms with Gasteiger partial charge in [-0.25, -0.2) is 0 Å². The fourth-order valence-electron chi connectivity index (χ4n) is 3.81. The van der Waals surface area contributed by atoms with E-state index in [-0.39, 0.29) is 22.2 Å². The van der Waals surface area contributed by atoms with Gasteiger partial charge >= 0.3 is 0 Å². The van der Waals surface area contributed by atoms with Crippen LogP contribution in [0, 0.1) is 5.92 Å². The Hall–Kier alpha value is -1.36. The molecule has 0 amide bonds. The second-order valence-electron chi connectivity index (χ2n) is 6.62. The van der Waals surface area contributed by atoms with Gasteiger partial charge in [0.15, 0.2) is 11.5 Å². The third-order valence-corrected chi connectivity index (χ3v) is 7.18. The summed E-state index contributed by atoms with van der Waals surface area (Å²) in [4.78, 5) is 12.5. The summed E-state index contributed by atoms with van der Waals surface area (Å²) < 4.78 is 23.5. The van der Waals surface area contributed by atoms with E-state index in [2.05, 4.69) is 0 Å². The minimum Gasteiger partial charge on any atom is -0.490 e. The number of fused-ring (bicyclic) bond motifs is 2. The van der Waals surface area contributed by atoms with Crippen molar-refractivity contribution in [3.8, 4) is 11.5 Å². The lowest BCUT2D eigenvalue weighted by Gasteiger charge is -2.37. The van der Waals surface area contributed by atoms with E-state index in [0.717, 1.165) is 31.4 Å². The van der Waals surface area contributed by atoms with E-state index in [1.807, 2.05) is 31.2 Å². The Morgan fingerprint density at radius 1 is 1.12 bits per heavy atom. The Labute approximate surface area is 146 Å². The van der Waals surface area contributed by atoms with Gasteiger partial charge in [-0.2, -0.15) is 0 Å². The maximum atomic E-state index is 12.5. The van der Waals surface area contributed by atoms with Crippen molar-refractivity contribution in [2.45, 2.75) is 55.9 Å². The van der Waals surface area contributed by atoms with Crippen LogP contribution in [0.3, 0.4) is 0 Å². The van der Waals surface area contributed by atoms with Gasteiger partial charge in [-0.15, -0.1) is 0 Å². The first-order valence-electron chi connectivity index (χ1n) is 8.95. The van der Waals surface area contributed by atoms with E-state index >= 15 is 0 Å². The molecule has 0 N–H and O–H groups in total. The highest BCUT2D eigenvalue weighted by Crippen LogP contribution is 2.37. The van der Waals surface area contributed by atoms with Crippen LogP contribution in [0.4, 0.5) is 0 Å². The van der Waals surface area contributed by atoms with E-state index in [1.54, 1.807) is 0 Å². The van der Waals surface area contributed by atoms with Gasteiger partial charge in [-0.1, -0.05) is 18.6 Å². The summed E-state index contributed by atoms with van der Waals surface area (Å²) in [5.74, 6) is 1.74. The Balaban J connectivity index is 1.50. The summed E-state index contributed by atoms with van der Waals surface area (Å²) in [5.41, 5.74) is 0. The molecule has 2 heterocycles. The van der Waals surface area contributed by atoms with Crippen LogP contribution < -0.4 is 9.47 Å². The number of para-hydroxylation sites is 2. The molecule has 2 fully saturated rings. The molecule has 1 aromatic rings. The van der Waals surface area contributed by atoms with Crippen LogP contribution >= 0.6 is 0 Å². The van der Waals surface area contributed by atoms with Crippen molar-refractivity contribution < 1.29 is 18.5 Å². The molecule has 24 heavy (non-hydrogen) atoms. The molecule has 2 bridgehead atoms. The minimum atomic E-state index is -0.714. The lowest BCUT2D eigenvalue weighted by Crippen LogP contribution is -2.41. The fourth-order valence-corrected chi connectivity index (χ4v) is 5.99. The van der Waals surface area contributed by atoms with E-state index < -0.39 is 10.8 Å². The zero-order chi connectivity index (χ0) is 16.9. The summed E-state index contributed by atoms with van der Waals surface area (Å²) in [7, 11) is -0.714. The predicted octanol–water partition coefficient (Wildman–Crippen LogP) is 3.50. The Morgan fingerprint density at radius 3 is 2.38 bits per heavy atom. The van der Waals surface area contributed by atoms with Crippen molar-refractivity contribution in [2.24, 2.45) is 5.92 Å². The van der Waals surface area contributed by atoms with Crippen LogP contribution in [0.2, 0.25) is 0 Å². The molecule has 5 heteroatoms. The highest BCUT2D eigenvalue weighted by Gasteiger charge is 2.40. The van der Waals surface area contributed by atoms with Crippen molar-refractivity contribution in [2.75, 3.05) is 13.2 Å². The second kappa shape index (κ2) is 8.15. The molecule has 0 radical (unpaired) electrons. The Morgan fingerprint density at radius 2 is 1.75 bits per heavy atom. The zero-order valence-corrected chi connectivity index (χ0v) is 15.1. The quantitative estimate of drug-likeness (QED) is 0.755. The standard InChI is InChI=1S/C19H26O4S/c1-2-22-18-8-3-4-9-19(18)23-11-10-17(20)14-12-15-6-5-7-16(13-14)24(15)21/h3-4,8-9,14-16H,2,5-7,10-13H2,1H3. The van der Waals surface area contributed by atoms with Crippen molar-refractivity contribution in [3.05, 3.63) is 24.3 Å². The monoisotopic (exact) mass is 350 g/mol. The van der Waals surface area contributed by atoms with Crippen LogP contribution in [0.15, 0.2) is 24.3 Å². The number of carbonyl (C=O) groups is 1. The average Bonchev–Trinajstić information content (AvgIpc) is 2.56. The highest BCUT2D eigenvalue weighted by molar-refractivity contribution is 7.86. The summed E-state index contributed by atoms with van der Waals surface area (Å²) in [6.45, 7) is 2.89. The molecule has 2 saturated heterocycles. The third-order valence-electron chi connectivity index (χ3n) is 5.01. The number of benzene rings is 1. The van der Waals surface area contributed by atoms with Crippen LogP contribution in [0.5, 0.6) is 11.5 Å². The molecule has 0 spiro atoms. The van der Waals surface area contributed by atoms with Gasteiger partial charge in [0, 0.05) is 33.6 Å². The lowest BCUT2D eigenvalue weighted by atomic mass is 9.86. The first-order valence-corrected chi connectivity index (χ1v) is 10.2. The SMILES string of the molecule is CCOc1ccccc1OCCC(=O)C1CC2CCCC(C1)S2=O. The van der Waals surface area contributed by atoms with Crippen LogP contribution in [-0.4, -0.2) is 33.7 Å². The minimum absolute atomic E-state index is 0.0729. The smallest absolute Gasteiger partial charge is 0.161 e. The molecule has 0 aromatic heterocycles. The molecule has 0 saturated carbocycles. The van der Waals surface area contributed by atoms with Crippen LogP contribution in [0.25, 0.3) is 0 Å². The average molecular weight is 350 g/mol.